The molecule has 3 heteroatoms. The molecule has 0 aromatic heterocycles. The first-order valence-corrected chi connectivity index (χ1v) is 5.06. The highest BCUT2D eigenvalue weighted by molar-refractivity contribution is 5.79. The number of amides is 1. The molecule has 0 radical (unpaired) electrons. The molecular formula is C10H20N2O. The highest BCUT2D eigenvalue weighted by Crippen LogP contribution is 2.09. The maximum Gasteiger partial charge on any atom is 0.237 e. The Morgan fingerprint density at radius 3 is 2.08 bits per heavy atom. The van der Waals surface area contributed by atoms with E-state index in [-0.39, 0.29) is 5.91 Å². The molecule has 76 valence electrons. The van der Waals surface area contributed by atoms with Gasteiger partial charge in [0.1, 0.15) is 0 Å². The minimum Gasteiger partial charge on any atom is -0.338 e. The molecule has 0 aromatic carbocycles. The van der Waals surface area contributed by atoms with Crippen LogP contribution in [-0.2, 0) is 4.79 Å². The molecule has 0 aliphatic carbocycles. The van der Waals surface area contributed by atoms with Crippen LogP contribution in [0.25, 0.3) is 0 Å². The number of hydrogen-bond acceptors (Lipinski definition) is 2. The second-order valence-corrected chi connectivity index (χ2v) is 4.25. The van der Waals surface area contributed by atoms with Gasteiger partial charge in [-0.15, -0.1) is 0 Å². The van der Waals surface area contributed by atoms with Crippen molar-refractivity contribution in [2.75, 3.05) is 19.6 Å². The fourth-order valence-corrected chi connectivity index (χ4v) is 1.69. The van der Waals surface area contributed by atoms with E-state index in [4.69, 9.17) is 0 Å². The van der Waals surface area contributed by atoms with Gasteiger partial charge in [-0.1, -0.05) is 0 Å². The standard InChI is InChI=1S/C10H20N2O/c1-8(2)11-5-6-12(9(3)4)10(13)7-11/h8-9H,5-7H2,1-4H3. The number of nitrogens with zero attached hydrogens (tertiary/aromatic N) is 2. The summed E-state index contributed by atoms with van der Waals surface area (Å²) < 4.78 is 0. The topological polar surface area (TPSA) is 23.6 Å². The maximum absolute atomic E-state index is 11.6. The van der Waals surface area contributed by atoms with Crippen LogP contribution >= 0.6 is 0 Å². The van der Waals surface area contributed by atoms with Gasteiger partial charge in [-0.25, -0.2) is 0 Å². The Bertz CT molecular complexity index is 189. The van der Waals surface area contributed by atoms with Gasteiger partial charge in [0.15, 0.2) is 0 Å². The van der Waals surface area contributed by atoms with Crippen LogP contribution in [0.15, 0.2) is 0 Å². The largest absolute Gasteiger partial charge is 0.338 e. The number of carbonyl (C=O) groups is 1. The summed E-state index contributed by atoms with van der Waals surface area (Å²) in [5.41, 5.74) is 0. The van der Waals surface area contributed by atoms with Crippen molar-refractivity contribution in [2.24, 2.45) is 0 Å². The molecule has 1 aliphatic rings. The third-order valence-electron chi connectivity index (χ3n) is 2.64. The van der Waals surface area contributed by atoms with Gasteiger partial charge in [0.25, 0.3) is 0 Å². The molecule has 13 heavy (non-hydrogen) atoms. The van der Waals surface area contributed by atoms with Gasteiger partial charge in [-0.05, 0) is 27.7 Å². The zero-order valence-electron chi connectivity index (χ0n) is 9.08. The van der Waals surface area contributed by atoms with E-state index < -0.39 is 0 Å². The molecule has 1 rings (SSSR count). The van der Waals surface area contributed by atoms with Crippen LogP contribution < -0.4 is 0 Å². The number of carbonyl (C=O) groups excluding carboxylic acids is 1. The third kappa shape index (κ3) is 2.44. The minimum absolute atomic E-state index is 0.273. The third-order valence-corrected chi connectivity index (χ3v) is 2.64. The predicted octanol–water partition coefficient (Wildman–Crippen LogP) is 0.947. The molecular weight excluding hydrogens is 164 g/mol. The average Bonchev–Trinajstić information content (AvgIpc) is 2.03. The Balaban J connectivity index is 2.52. The Labute approximate surface area is 80.7 Å². The summed E-state index contributed by atoms with van der Waals surface area (Å²) in [7, 11) is 0. The maximum atomic E-state index is 11.6. The first-order valence-electron chi connectivity index (χ1n) is 5.06. The lowest BCUT2D eigenvalue weighted by molar-refractivity contribution is -0.138. The molecule has 0 N–H and O–H groups in total. The van der Waals surface area contributed by atoms with Crippen molar-refractivity contribution < 1.29 is 4.79 Å². The van der Waals surface area contributed by atoms with E-state index in [1.807, 2.05) is 4.90 Å². The van der Waals surface area contributed by atoms with Crippen molar-refractivity contribution in [3.8, 4) is 0 Å². The second kappa shape index (κ2) is 4.09. The highest BCUT2D eigenvalue weighted by Gasteiger charge is 2.26. The van der Waals surface area contributed by atoms with Gasteiger partial charge in [0, 0.05) is 25.2 Å². The summed E-state index contributed by atoms with van der Waals surface area (Å²) in [5.74, 6) is 0.273. The SMILES string of the molecule is CC(C)N1CCN(C(C)C)C(=O)C1. The molecule has 1 saturated heterocycles. The summed E-state index contributed by atoms with van der Waals surface area (Å²) in [5, 5.41) is 0. The molecule has 3 nitrogen and oxygen atoms in total. The monoisotopic (exact) mass is 184 g/mol. The average molecular weight is 184 g/mol. The minimum atomic E-state index is 0.273. The highest BCUT2D eigenvalue weighted by atomic mass is 16.2. The molecule has 1 heterocycles. The Morgan fingerprint density at radius 1 is 1.08 bits per heavy atom. The van der Waals surface area contributed by atoms with E-state index in [0.29, 0.717) is 18.6 Å². The lowest BCUT2D eigenvalue weighted by Gasteiger charge is -2.38. The van der Waals surface area contributed by atoms with E-state index in [9.17, 15) is 4.79 Å². The van der Waals surface area contributed by atoms with Crippen LogP contribution in [0.4, 0.5) is 0 Å². The number of rotatable bonds is 2. The summed E-state index contributed by atoms with van der Waals surface area (Å²) in [6.45, 7) is 10.9. The molecule has 1 aliphatic heterocycles. The van der Waals surface area contributed by atoms with Gasteiger partial charge in [0.05, 0.1) is 6.54 Å². The lowest BCUT2D eigenvalue weighted by Crippen LogP contribution is -2.54. The van der Waals surface area contributed by atoms with E-state index in [1.54, 1.807) is 0 Å². The number of hydrogen-bond donors (Lipinski definition) is 0. The fraction of sp³-hybridized carbons (Fsp3) is 0.900. The van der Waals surface area contributed by atoms with E-state index in [2.05, 4.69) is 32.6 Å². The second-order valence-electron chi connectivity index (χ2n) is 4.25. The zero-order valence-corrected chi connectivity index (χ0v) is 9.08. The van der Waals surface area contributed by atoms with Crippen molar-refractivity contribution in [3.63, 3.8) is 0 Å². The molecule has 1 amide bonds. The quantitative estimate of drug-likeness (QED) is 0.638. The number of piperazine rings is 1. The lowest BCUT2D eigenvalue weighted by atomic mass is 10.2. The first-order chi connectivity index (χ1) is 6.02. The molecule has 0 spiro atoms. The zero-order chi connectivity index (χ0) is 10.0. The van der Waals surface area contributed by atoms with E-state index in [1.165, 1.54) is 0 Å². The summed E-state index contributed by atoms with van der Waals surface area (Å²) in [4.78, 5) is 15.8. The van der Waals surface area contributed by atoms with Crippen molar-refractivity contribution in [3.05, 3.63) is 0 Å². The van der Waals surface area contributed by atoms with Gasteiger partial charge < -0.3 is 4.90 Å². The Morgan fingerprint density at radius 2 is 1.69 bits per heavy atom. The van der Waals surface area contributed by atoms with Crippen LogP contribution in [-0.4, -0.2) is 47.4 Å². The van der Waals surface area contributed by atoms with Gasteiger partial charge in [0.2, 0.25) is 5.91 Å². The van der Waals surface area contributed by atoms with Crippen LogP contribution in [0.1, 0.15) is 27.7 Å². The van der Waals surface area contributed by atoms with Crippen molar-refractivity contribution in [1.29, 1.82) is 0 Å². The normalized spacial score (nSPS) is 20.5. The van der Waals surface area contributed by atoms with Crippen LogP contribution in [0.3, 0.4) is 0 Å². The molecule has 0 bridgehead atoms. The Hall–Kier alpha value is -0.570. The predicted molar refractivity (Wildman–Crippen MR) is 53.6 cm³/mol. The summed E-state index contributed by atoms with van der Waals surface area (Å²) >= 11 is 0. The van der Waals surface area contributed by atoms with E-state index in [0.717, 1.165) is 13.1 Å². The van der Waals surface area contributed by atoms with Crippen molar-refractivity contribution in [2.45, 2.75) is 39.8 Å². The molecule has 0 saturated carbocycles. The van der Waals surface area contributed by atoms with Crippen LogP contribution in [0.2, 0.25) is 0 Å². The van der Waals surface area contributed by atoms with Gasteiger partial charge >= 0.3 is 0 Å². The first kappa shape index (κ1) is 10.5. The summed E-state index contributed by atoms with van der Waals surface area (Å²) in [6.07, 6.45) is 0. The van der Waals surface area contributed by atoms with E-state index >= 15 is 0 Å². The van der Waals surface area contributed by atoms with Gasteiger partial charge in [-0.2, -0.15) is 0 Å². The van der Waals surface area contributed by atoms with Crippen LogP contribution in [0, 0.1) is 0 Å². The van der Waals surface area contributed by atoms with Crippen LogP contribution in [0.5, 0.6) is 0 Å². The smallest absolute Gasteiger partial charge is 0.237 e. The van der Waals surface area contributed by atoms with Crippen molar-refractivity contribution >= 4 is 5.91 Å². The molecule has 1 fully saturated rings. The Kier molecular flexibility index (Phi) is 3.31. The van der Waals surface area contributed by atoms with Crippen molar-refractivity contribution in [1.82, 2.24) is 9.80 Å². The molecule has 0 aromatic rings. The van der Waals surface area contributed by atoms with Gasteiger partial charge in [-0.3, -0.25) is 9.69 Å². The fourth-order valence-electron chi connectivity index (χ4n) is 1.69. The summed E-state index contributed by atoms with van der Waals surface area (Å²) in [6, 6.07) is 0.833. The molecule has 0 atom stereocenters. The molecule has 0 unspecified atom stereocenters.